The van der Waals surface area contributed by atoms with Crippen molar-refractivity contribution in [3.05, 3.63) is 29.3 Å². The van der Waals surface area contributed by atoms with Gasteiger partial charge in [-0.25, -0.2) is 21.5 Å². The summed E-state index contributed by atoms with van der Waals surface area (Å²) in [5.41, 5.74) is 0.631. The zero-order valence-electron chi connectivity index (χ0n) is 13.5. The maximum absolute atomic E-state index is 14.0. The molecule has 0 N–H and O–H groups in total. The molecule has 1 aromatic rings. The van der Waals surface area contributed by atoms with E-state index in [1.54, 1.807) is 0 Å². The first-order valence-corrected chi connectivity index (χ1v) is 9.86. The molecule has 0 aliphatic carbocycles. The van der Waals surface area contributed by atoms with E-state index in [2.05, 4.69) is 0 Å². The number of amides is 1. The van der Waals surface area contributed by atoms with Gasteiger partial charge in [-0.2, -0.15) is 0 Å². The minimum atomic E-state index is -3.35. The monoisotopic (exact) mass is 358 g/mol. The van der Waals surface area contributed by atoms with Crippen molar-refractivity contribution in [2.75, 3.05) is 30.8 Å². The highest BCUT2D eigenvalue weighted by Crippen LogP contribution is 2.32. The van der Waals surface area contributed by atoms with E-state index in [1.165, 1.54) is 15.3 Å². The molecular weight excluding hydrogens is 338 g/mol. The number of anilines is 1. The highest BCUT2D eigenvalue weighted by Gasteiger charge is 2.35. The first-order chi connectivity index (χ1) is 11.3. The highest BCUT2D eigenvalue weighted by molar-refractivity contribution is 7.88. The fourth-order valence-corrected chi connectivity index (χ4v) is 4.42. The summed E-state index contributed by atoms with van der Waals surface area (Å²) in [7, 11) is -3.35. The SMILES string of the molecule is CS(=O)(=O)N1CCCC(C(=O)N2CCCc3c(F)cc(F)cc32)C1. The molecule has 2 aliphatic heterocycles. The van der Waals surface area contributed by atoms with Gasteiger partial charge >= 0.3 is 0 Å². The van der Waals surface area contributed by atoms with Gasteiger partial charge in [-0.15, -0.1) is 0 Å². The number of halogens is 2. The number of carbonyl (C=O) groups excluding carboxylic acids is 1. The molecule has 1 unspecified atom stereocenters. The molecule has 0 radical (unpaired) electrons. The van der Waals surface area contributed by atoms with Crippen LogP contribution in [0.4, 0.5) is 14.5 Å². The molecule has 24 heavy (non-hydrogen) atoms. The van der Waals surface area contributed by atoms with Crippen LogP contribution in [0.2, 0.25) is 0 Å². The molecule has 5 nitrogen and oxygen atoms in total. The van der Waals surface area contributed by atoms with Gasteiger partial charge in [0.1, 0.15) is 11.6 Å². The van der Waals surface area contributed by atoms with Crippen molar-refractivity contribution in [3.8, 4) is 0 Å². The zero-order chi connectivity index (χ0) is 17.5. The Bertz CT molecular complexity index is 767. The number of carbonyl (C=O) groups is 1. The van der Waals surface area contributed by atoms with E-state index < -0.39 is 27.6 Å². The van der Waals surface area contributed by atoms with Gasteiger partial charge in [-0.05, 0) is 31.7 Å². The van der Waals surface area contributed by atoms with Crippen molar-refractivity contribution in [2.45, 2.75) is 25.7 Å². The summed E-state index contributed by atoms with van der Waals surface area (Å²) in [5, 5.41) is 0. The first-order valence-electron chi connectivity index (χ1n) is 8.02. The number of hydrogen-bond acceptors (Lipinski definition) is 3. The van der Waals surface area contributed by atoms with Crippen molar-refractivity contribution in [2.24, 2.45) is 5.92 Å². The molecule has 8 heteroatoms. The quantitative estimate of drug-likeness (QED) is 0.812. The number of benzene rings is 1. The smallest absolute Gasteiger partial charge is 0.231 e. The standard InChI is InChI=1S/C16H20F2N2O3S/c1-24(22,23)19-6-2-4-11(10-19)16(21)20-7-3-5-13-14(18)8-12(17)9-15(13)20/h8-9,11H,2-7,10H2,1H3. The van der Waals surface area contributed by atoms with Crippen molar-refractivity contribution >= 4 is 21.6 Å². The second kappa shape index (κ2) is 6.40. The van der Waals surface area contributed by atoms with Gasteiger partial charge in [0.05, 0.1) is 17.9 Å². The number of nitrogens with zero attached hydrogens (tertiary/aromatic N) is 2. The summed E-state index contributed by atoms with van der Waals surface area (Å²) in [6.45, 7) is 0.924. The van der Waals surface area contributed by atoms with Crippen LogP contribution in [-0.2, 0) is 21.2 Å². The third-order valence-corrected chi connectivity index (χ3v) is 5.97. The van der Waals surface area contributed by atoms with E-state index >= 15 is 0 Å². The second-order valence-electron chi connectivity index (χ2n) is 6.44. The normalized spacial score (nSPS) is 22.3. The Balaban J connectivity index is 1.87. The number of fused-ring (bicyclic) bond motifs is 1. The third kappa shape index (κ3) is 3.30. The van der Waals surface area contributed by atoms with Gasteiger partial charge in [0.2, 0.25) is 15.9 Å². The van der Waals surface area contributed by atoms with Crippen LogP contribution in [0, 0.1) is 17.6 Å². The lowest BCUT2D eigenvalue weighted by Crippen LogP contribution is -2.47. The van der Waals surface area contributed by atoms with Crippen molar-refractivity contribution < 1.29 is 22.0 Å². The Morgan fingerprint density at radius 2 is 1.96 bits per heavy atom. The summed E-state index contributed by atoms with van der Waals surface area (Å²) >= 11 is 0. The van der Waals surface area contributed by atoms with Crippen molar-refractivity contribution in [1.29, 1.82) is 0 Å². The maximum Gasteiger partial charge on any atom is 0.231 e. The minimum Gasteiger partial charge on any atom is -0.312 e. The zero-order valence-corrected chi connectivity index (χ0v) is 14.3. The molecule has 2 heterocycles. The van der Waals surface area contributed by atoms with Gasteiger partial charge in [0, 0.05) is 31.3 Å². The first kappa shape index (κ1) is 17.3. The molecule has 1 fully saturated rings. The van der Waals surface area contributed by atoms with Gasteiger partial charge in [0.15, 0.2) is 0 Å². The fourth-order valence-electron chi connectivity index (χ4n) is 3.51. The van der Waals surface area contributed by atoms with Gasteiger partial charge in [-0.1, -0.05) is 0 Å². The largest absolute Gasteiger partial charge is 0.312 e. The summed E-state index contributed by atoms with van der Waals surface area (Å²) in [5.74, 6) is -2.09. The Kier molecular flexibility index (Phi) is 4.61. The Morgan fingerprint density at radius 1 is 1.21 bits per heavy atom. The number of sulfonamides is 1. The molecule has 0 aromatic heterocycles. The van der Waals surface area contributed by atoms with Crippen LogP contribution in [0.25, 0.3) is 0 Å². The van der Waals surface area contributed by atoms with Crippen LogP contribution in [-0.4, -0.2) is 44.5 Å². The molecule has 1 atom stereocenters. The molecule has 1 amide bonds. The molecule has 2 aliphatic rings. The molecule has 0 saturated carbocycles. The maximum atomic E-state index is 14.0. The summed E-state index contributed by atoms with van der Waals surface area (Å²) in [6.07, 6.45) is 3.37. The van der Waals surface area contributed by atoms with Gasteiger partial charge in [0.25, 0.3) is 0 Å². The third-order valence-electron chi connectivity index (χ3n) is 4.70. The van der Waals surface area contributed by atoms with E-state index in [9.17, 15) is 22.0 Å². The predicted octanol–water partition coefficient (Wildman–Crippen LogP) is 1.92. The summed E-state index contributed by atoms with van der Waals surface area (Å²) < 4.78 is 52.3. The number of hydrogen-bond donors (Lipinski definition) is 0. The summed E-state index contributed by atoms with van der Waals surface area (Å²) in [6, 6.07) is 2.02. The lowest BCUT2D eigenvalue weighted by Gasteiger charge is -2.36. The van der Waals surface area contributed by atoms with Gasteiger partial charge < -0.3 is 4.90 Å². The summed E-state index contributed by atoms with van der Waals surface area (Å²) in [4.78, 5) is 14.3. The average molecular weight is 358 g/mol. The Hall–Kier alpha value is -1.54. The van der Waals surface area contributed by atoms with E-state index in [0.29, 0.717) is 44.3 Å². The molecule has 0 bridgehead atoms. The minimum absolute atomic E-state index is 0.126. The van der Waals surface area contributed by atoms with E-state index in [0.717, 1.165) is 12.3 Å². The molecule has 132 valence electrons. The molecule has 1 aromatic carbocycles. The Morgan fingerprint density at radius 3 is 2.67 bits per heavy atom. The predicted molar refractivity (Wildman–Crippen MR) is 86.2 cm³/mol. The van der Waals surface area contributed by atoms with E-state index in [1.807, 2.05) is 0 Å². The topological polar surface area (TPSA) is 57.7 Å². The lowest BCUT2D eigenvalue weighted by atomic mass is 9.94. The van der Waals surface area contributed by atoms with Crippen molar-refractivity contribution in [3.63, 3.8) is 0 Å². The van der Waals surface area contributed by atoms with E-state index in [4.69, 9.17) is 0 Å². The average Bonchev–Trinajstić information content (AvgIpc) is 2.53. The fraction of sp³-hybridized carbons (Fsp3) is 0.562. The molecule has 0 spiro atoms. The van der Waals surface area contributed by atoms with Crippen molar-refractivity contribution in [1.82, 2.24) is 4.31 Å². The van der Waals surface area contributed by atoms with Crippen LogP contribution in [0.15, 0.2) is 12.1 Å². The number of piperidine rings is 1. The van der Waals surface area contributed by atoms with Crippen LogP contribution in [0.5, 0.6) is 0 Å². The molecule has 3 rings (SSSR count). The van der Waals surface area contributed by atoms with Gasteiger partial charge in [-0.3, -0.25) is 4.79 Å². The van der Waals surface area contributed by atoms with Crippen LogP contribution >= 0.6 is 0 Å². The molecule has 1 saturated heterocycles. The van der Waals surface area contributed by atoms with Crippen LogP contribution in [0.3, 0.4) is 0 Å². The second-order valence-corrected chi connectivity index (χ2v) is 8.42. The molecular formula is C16H20F2N2O3S. The highest BCUT2D eigenvalue weighted by atomic mass is 32.2. The van der Waals surface area contributed by atoms with Crippen LogP contribution < -0.4 is 4.90 Å². The van der Waals surface area contributed by atoms with E-state index in [-0.39, 0.29) is 18.1 Å². The van der Waals surface area contributed by atoms with Crippen LogP contribution in [0.1, 0.15) is 24.8 Å². The lowest BCUT2D eigenvalue weighted by molar-refractivity contribution is -0.123. The Labute approximate surface area is 140 Å². The number of rotatable bonds is 2.